The molecule has 0 saturated heterocycles. The lowest BCUT2D eigenvalue weighted by Crippen LogP contribution is -2.05. The van der Waals surface area contributed by atoms with Crippen LogP contribution in [0.4, 0.5) is 5.13 Å². The topological polar surface area (TPSA) is 82.3 Å². The highest BCUT2D eigenvalue weighted by atomic mass is 32.1. The van der Waals surface area contributed by atoms with Crippen molar-refractivity contribution in [2.24, 2.45) is 5.84 Å². The number of nitrogens with zero attached hydrogens (tertiary/aromatic N) is 2. The number of hydrogen-bond acceptors (Lipinski definition) is 7. The first-order valence-electron chi connectivity index (χ1n) is 4.88. The van der Waals surface area contributed by atoms with E-state index in [4.69, 9.17) is 15.3 Å². The van der Waals surface area contributed by atoms with Gasteiger partial charge in [-0.15, -0.1) is 10.2 Å². The van der Waals surface area contributed by atoms with Gasteiger partial charge in [0.05, 0.1) is 7.11 Å². The third-order valence-electron chi connectivity index (χ3n) is 2.01. The third kappa shape index (κ3) is 2.83. The van der Waals surface area contributed by atoms with Crippen LogP contribution in [0.3, 0.4) is 0 Å². The van der Waals surface area contributed by atoms with Crippen molar-refractivity contribution in [2.75, 3.05) is 12.5 Å². The summed E-state index contributed by atoms with van der Waals surface area (Å²) in [6, 6.07) is 7.43. The van der Waals surface area contributed by atoms with Crippen LogP contribution in [0.15, 0.2) is 24.3 Å². The molecular formula is C10H12N4O2S. The number of aromatic nitrogens is 2. The number of nitrogen functional groups attached to an aromatic ring is 1. The number of hydrazine groups is 1. The summed E-state index contributed by atoms with van der Waals surface area (Å²) < 4.78 is 10.8. The molecule has 0 amide bonds. The number of rotatable bonds is 5. The van der Waals surface area contributed by atoms with Gasteiger partial charge in [-0.2, -0.15) is 0 Å². The maximum absolute atomic E-state index is 5.59. The van der Waals surface area contributed by atoms with Gasteiger partial charge in [0.2, 0.25) is 5.13 Å². The number of ether oxygens (including phenoxy) is 2. The van der Waals surface area contributed by atoms with Crippen LogP contribution in [-0.4, -0.2) is 17.3 Å². The van der Waals surface area contributed by atoms with Crippen molar-refractivity contribution in [3.63, 3.8) is 0 Å². The molecule has 2 rings (SSSR count). The first-order chi connectivity index (χ1) is 8.33. The summed E-state index contributed by atoms with van der Waals surface area (Å²) in [7, 11) is 1.60. The smallest absolute Gasteiger partial charge is 0.219 e. The second-order valence-electron chi connectivity index (χ2n) is 3.08. The van der Waals surface area contributed by atoms with Crippen molar-refractivity contribution < 1.29 is 9.47 Å². The molecule has 7 heteroatoms. The number of para-hydroxylation sites is 2. The summed E-state index contributed by atoms with van der Waals surface area (Å²) in [4.78, 5) is 0. The molecular weight excluding hydrogens is 240 g/mol. The van der Waals surface area contributed by atoms with Crippen LogP contribution >= 0.6 is 11.3 Å². The summed E-state index contributed by atoms with van der Waals surface area (Å²) in [5.74, 6) is 6.58. The van der Waals surface area contributed by atoms with E-state index >= 15 is 0 Å². The van der Waals surface area contributed by atoms with Gasteiger partial charge in [-0.1, -0.05) is 23.5 Å². The summed E-state index contributed by atoms with van der Waals surface area (Å²) in [5.41, 5.74) is 2.43. The molecule has 0 fully saturated rings. The van der Waals surface area contributed by atoms with Crippen LogP contribution in [0.1, 0.15) is 5.01 Å². The molecule has 1 heterocycles. The standard InChI is InChI=1S/C10H12N4O2S/c1-15-7-4-2-3-5-8(7)16-6-9-13-14-10(12-11)17-9/h2-5H,6,11H2,1H3,(H,12,14). The Hall–Kier alpha value is -1.86. The zero-order valence-corrected chi connectivity index (χ0v) is 10.0. The number of nitrogens with one attached hydrogen (secondary N) is 1. The van der Waals surface area contributed by atoms with Gasteiger partial charge in [-0.3, -0.25) is 5.43 Å². The number of anilines is 1. The Kier molecular flexibility index (Phi) is 3.73. The Morgan fingerprint density at radius 2 is 2.06 bits per heavy atom. The highest BCUT2D eigenvalue weighted by molar-refractivity contribution is 7.15. The highest BCUT2D eigenvalue weighted by Crippen LogP contribution is 2.27. The lowest BCUT2D eigenvalue weighted by molar-refractivity contribution is 0.283. The maximum atomic E-state index is 5.59. The normalized spacial score (nSPS) is 10.0. The van der Waals surface area contributed by atoms with E-state index in [-0.39, 0.29) is 0 Å². The fourth-order valence-electron chi connectivity index (χ4n) is 1.25. The van der Waals surface area contributed by atoms with Gasteiger partial charge in [-0.25, -0.2) is 5.84 Å². The molecule has 0 unspecified atom stereocenters. The number of nitrogens with two attached hydrogens (primary N) is 1. The summed E-state index contributed by atoms with van der Waals surface area (Å²) >= 11 is 1.34. The number of methoxy groups -OCH3 is 1. The van der Waals surface area contributed by atoms with Gasteiger partial charge in [0, 0.05) is 0 Å². The minimum Gasteiger partial charge on any atom is -0.493 e. The second-order valence-corrected chi connectivity index (χ2v) is 4.15. The monoisotopic (exact) mass is 252 g/mol. The molecule has 3 N–H and O–H groups in total. The predicted molar refractivity (Wildman–Crippen MR) is 65.0 cm³/mol. The largest absolute Gasteiger partial charge is 0.493 e. The van der Waals surface area contributed by atoms with Crippen molar-refractivity contribution in [3.05, 3.63) is 29.3 Å². The molecule has 2 aromatic rings. The van der Waals surface area contributed by atoms with Gasteiger partial charge < -0.3 is 9.47 Å². The SMILES string of the molecule is COc1ccccc1OCc1nnc(NN)s1. The number of benzene rings is 1. The molecule has 6 nitrogen and oxygen atoms in total. The van der Waals surface area contributed by atoms with E-state index in [1.807, 2.05) is 24.3 Å². The van der Waals surface area contributed by atoms with E-state index in [0.29, 0.717) is 23.2 Å². The molecule has 17 heavy (non-hydrogen) atoms. The van der Waals surface area contributed by atoms with Gasteiger partial charge in [0.25, 0.3) is 0 Å². The van der Waals surface area contributed by atoms with Crippen LogP contribution in [0.5, 0.6) is 11.5 Å². The minimum atomic E-state index is 0.333. The molecule has 0 spiro atoms. The van der Waals surface area contributed by atoms with Crippen LogP contribution in [0.25, 0.3) is 0 Å². The zero-order chi connectivity index (χ0) is 12.1. The van der Waals surface area contributed by atoms with Crippen LogP contribution in [0, 0.1) is 0 Å². The van der Waals surface area contributed by atoms with Crippen LogP contribution < -0.4 is 20.7 Å². The van der Waals surface area contributed by atoms with Gasteiger partial charge in [0.15, 0.2) is 16.5 Å². The summed E-state index contributed by atoms with van der Waals surface area (Å²) in [6.45, 7) is 0.333. The van der Waals surface area contributed by atoms with Crippen molar-refractivity contribution in [1.82, 2.24) is 10.2 Å². The fourth-order valence-corrected chi connectivity index (χ4v) is 1.81. The highest BCUT2D eigenvalue weighted by Gasteiger charge is 2.06. The van der Waals surface area contributed by atoms with E-state index in [9.17, 15) is 0 Å². The second kappa shape index (κ2) is 5.46. The minimum absolute atomic E-state index is 0.333. The first kappa shape index (κ1) is 11.6. The molecule has 0 bridgehead atoms. The molecule has 0 atom stereocenters. The Morgan fingerprint density at radius 1 is 1.29 bits per heavy atom. The lowest BCUT2D eigenvalue weighted by Gasteiger charge is -2.08. The van der Waals surface area contributed by atoms with Gasteiger partial charge >= 0.3 is 0 Å². The van der Waals surface area contributed by atoms with Gasteiger partial charge in [0.1, 0.15) is 6.61 Å². The molecule has 0 aliphatic carbocycles. The molecule has 0 aliphatic heterocycles. The molecule has 1 aromatic heterocycles. The molecule has 0 aliphatic rings. The van der Waals surface area contributed by atoms with E-state index in [2.05, 4.69) is 15.6 Å². The Morgan fingerprint density at radius 3 is 2.71 bits per heavy atom. The maximum Gasteiger partial charge on any atom is 0.219 e. The zero-order valence-electron chi connectivity index (χ0n) is 9.21. The van der Waals surface area contributed by atoms with Crippen molar-refractivity contribution in [1.29, 1.82) is 0 Å². The van der Waals surface area contributed by atoms with Gasteiger partial charge in [-0.05, 0) is 12.1 Å². The number of hydrogen-bond donors (Lipinski definition) is 2. The molecule has 0 saturated carbocycles. The summed E-state index contributed by atoms with van der Waals surface area (Å²) in [6.07, 6.45) is 0. The lowest BCUT2D eigenvalue weighted by atomic mass is 10.3. The average Bonchev–Trinajstić information content (AvgIpc) is 2.84. The van der Waals surface area contributed by atoms with Crippen LogP contribution in [-0.2, 0) is 6.61 Å². The molecule has 0 radical (unpaired) electrons. The summed E-state index contributed by atoms with van der Waals surface area (Å²) in [5, 5.41) is 9.03. The van der Waals surface area contributed by atoms with E-state index in [1.165, 1.54) is 11.3 Å². The Labute approximate surface area is 102 Å². The van der Waals surface area contributed by atoms with Crippen molar-refractivity contribution in [3.8, 4) is 11.5 Å². The van der Waals surface area contributed by atoms with Crippen LogP contribution in [0.2, 0.25) is 0 Å². The van der Waals surface area contributed by atoms with E-state index < -0.39 is 0 Å². The quantitative estimate of drug-likeness (QED) is 0.618. The van der Waals surface area contributed by atoms with Crippen molar-refractivity contribution >= 4 is 16.5 Å². The van der Waals surface area contributed by atoms with E-state index in [0.717, 1.165) is 5.01 Å². The third-order valence-corrected chi connectivity index (χ3v) is 2.84. The molecule has 90 valence electrons. The first-order valence-corrected chi connectivity index (χ1v) is 5.70. The molecule has 1 aromatic carbocycles. The van der Waals surface area contributed by atoms with Crippen molar-refractivity contribution in [2.45, 2.75) is 6.61 Å². The van der Waals surface area contributed by atoms with E-state index in [1.54, 1.807) is 7.11 Å². The average molecular weight is 252 g/mol. The fraction of sp³-hybridized carbons (Fsp3) is 0.200. The Balaban J connectivity index is 2.01. The predicted octanol–water partition coefficient (Wildman–Crippen LogP) is 1.41. The Bertz CT molecular complexity index is 489.